The number of hydrogen-bond acceptors (Lipinski definition) is 7. The van der Waals surface area contributed by atoms with Gasteiger partial charge in [0.05, 0.1) is 6.54 Å². The number of nitrogens with zero attached hydrogens (tertiary/aromatic N) is 5. The molecule has 0 spiro atoms. The summed E-state index contributed by atoms with van der Waals surface area (Å²) in [5.41, 5.74) is 1.01. The van der Waals surface area contributed by atoms with Crippen LogP contribution in [0.25, 0.3) is 11.2 Å². The van der Waals surface area contributed by atoms with E-state index in [-0.39, 0.29) is 42.1 Å². The van der Waals surface area contributed by atoms with Crippen molar-refractivity contribution < 1.29 is 18.7 Å². The highest BCUT2D eigenvalue weighted by Gasteiger charge is 2.28. The molecule has 0 saturated carbocycles. The van der Waals surface area contributed by atoms with Crippen molar-refractivity contribution in [2.45, 2.75) is 25.3 Å². The standard InChI is InChI=1S/C24H21FN6O4/c25-17-4-2-1-3-16(17)12-31-22-20(28-29-31)23(32)27-21(26-22)14-7-9-30(10-8-14)24(33)15-5-6-18-19(11-15)35-13-34-18/h1-6,11,14H,7-10,12-13H2,(H,26,27,32). The molecule has 1 N–H and O–H groups in total. The molecular weight excluding hydrogens is 455 g/mol. The highest BCUT2D eigenvalue weighted by molar-refractivity contribution is 5.95. The number of likely N-dealkylation sites (tertiary alicyclic amines) is 1. The first-order chi connectivity index (χ1) is 17.1. The number of aromatic nitrogens is 5. The zero-order valence-corrected chi connectivity index (χ0v) is 18.6. The topological polar surface area (TPSA) is 115 Å². The number of benzene rings is 2. The highest BCUT2D eigenvalue weighted by Crippen LogP contribution is 2.33. The van der Waals surface area contributed by atoms with E-state index >= 15 is 0 Å². The zero-order chi connectivity index (χ0) is 23.9. The number of rotatable bonds is 4. The van der Waals surface area contributed by atoms with Gasteiger partial charge in [-0.2, -0.15) is 0 Å². The van der Waals surface area contributed by atoms with Gasteiger partial charge in [0.15, 0.2) is 22.7 Å². The third-order valence-electron chi connectivity index (χ3n) is 6.46. The van der Waals surface area contributed by atoms with Gasteiger partial charge < -0.3 is 19.4 Å². The Hall–Kier alpha value is -4.28. The maximum atomic E-state index is 14.1. The smallest absolute Gasteiger partial charge is 0.281 e. The molecule has 0 bridgehead atoms. The van der Waals surface area contributed by atoms with Crippen LogP contribution in [0.1, 0.15) is 40.5 Å². The minimum absolute atomic E-state index is 0.0373. The lowest BCUT2D eigenvalue weighted by Gasteiger charge is -2.31. The average molecular weight is 476 g/mol. The van der Waals surface area contributed by atoms with E-state index in [1.54, 1.807) is 41.3 Å². The van der Waals surface area contributed by atoms with Crippen molar-refractivity contribution >= 4 is 17.1 Å². The Morgan fingerprint density at radius 1 is 1.11 bits per heavy atom. The summed E-state index contributed by atoms with van der Waals surface area (Å²) < 4.78 is 26.2. The summed E-state index contributed by atoms with van der Waals surface area (Å²) in [6, 6.07) is 11.6. The predicted octanol–water partition coefficient (Wildman–Crippen LogP) is 2.45. The van der Waals surface area contributed by atoms with Crippen LogP contribution in [0.4, 0.5) is 4.39 Å². The maximum Gasteiger partial charge on any atom is 0.281 e. The van der Waals surface area contributed by atoms with Crippen LogP contribution in [0, 0.1) is 5.82 Å². The van der Waals surface area contributed by atoms with E-state index in [1.807, 2.05) is 0 Å². The molecular formula is C24H21FN6O4. The lowest BCUT2D eigenvalue weighted by Crippen LogP contribution is -2.38. The largest absolute Gasteiger partial charge is 0.454 e. The normalized spacial score (nSPS) is 15.6. The molecule has 10 nitrogen and oxygen atoms in total. The van der Waals surface area contributed by atoms with Crippen LogP contribution >= 0.6 is 0 Å². The molecule has 2 aliphatic heterocycles. The molecule has 2 aromatic carbocycles. The van der Waals surface area contributed by atoms with E-state index in [0.29, 0.717) is 60.0 Å². The van der Waals surface area contributed by atoms with Gasteiger partial charge >= 0.3 is 0 Å². The Kier molecular flexibility index (Phi) is 5.16. The molecule has 0 unspecified atom stereocenters. The van der Waals surface area contributed by atoms with E-state index in [4.69, 9.17) is 9.47 Å². The van der Waals surface area contributed by atoms with Crippen LogP contribution < -0.4 is 15.0 Å². The van der Waals surface area contributed by atoms with Gasteiger partial charge in [-0.05, 0) is 37.1 Å². The summed E-state index contributed by atoms with van der Waals surface area (Å²) in [7, 11) is 0. The van der Waals surface area contributed by atoms with E-state index in [9.17, 15) is 14.0 Å². The summed E-state index contributed by atoms with van der Waals surface area (Å²) in [6.07, 6.45) is 1.28. The first-order valence-corrected chi connectivity index (χ1v) is 11.3. The third kappa shape index (κ3) is 3.88. The number of carbonyl (C=O) groups is 1. The molecule has 6 rings (SSSR count). The molecule has 4 aromatic rings. The van der Waals surface area contributed by atoms with Crippen molar-refractivity contribution in [2.24, 2.45) is 0 Å². The quantitative estimate of drug-likeness (QED) is 0.481. The summed E-state index contributed by atoms with van der Waals surface area (Å²) in [5, 5.41) is 7.95. The summed E-state index contributed by atoms with van der Waals surface area (Å²) >= 11 is 0. The van der Waals surface area contributed by atoms with Gasteiger partial charge in [-0.3, -0.25) is 9.59 Å². The average Bonchev–Trinajstić information content (AvgIpc) is 3.52. The molecule has 178 valence electrons. The molecule has 11 heteroatoms. The molecule has 0 aliphatic carbocycles. The van der Waals surface area contributed by atoms with Crippen molar-refractivity contribution in [1.29, 1.82) is 0 Å². The minimum Gasteiger partial charge on any atom is -0.454 e. The van der Waals surface area contributed by atoms with E-state index in [0.717, 1.165) is 0 Å². The summed E-state index contributed by atoms with van der Waals surface area (Å²) in [4.78, 5) is 34.9. The SMILES string of the molecule is O=C(c1ccc2c(c1)OCO2)N1CCC(c2nc3c(nnn3Cc3ccccc3F)c(=O)[nH]2)CC1. The first kappa shape index (κ1) is 21.3. The number of ether oxygens (including phenoxy) is 2. The van der Waals surface area contributed by atoms with Crippen LogP contribution in [0.5, 0.6) is 11.5 Å². The van der Waals surface area contributed by atoms with Crippen LogP contribution in [0.2, 0.25) is 0 Å². The van der Waals surface area contributed by atoms with Gasteiger partial charge in [0, 0.05) is 30.1 Å². The Balaban J connectivity index is 1.20. The number of aromatic amines is 1. The fourth-order valence-electron chi connectivity index (χ4n) is 4.54. The molecule has 2 aromatic heterocycles. The molecule has 1 amide bonds. The fourth-order valence-corrected chi connectivity index (χ4v) is 4.54. The van der Waals surface area contributed by atoms with Gasteiger partial charge in [-0.25, -0.2) is 14.1 Å². The highest BCUT2D eigenvalue weighted by atomic mass is 19.1. The lowest BCUT2D eigenvalue weighted by molar-refractivity contribution is 0.0710. The Labute approximate surface area is 198 Å². The van der Waals surface area contributed by atoms with Crippen LogP contribution in [0.3, 0.4) is 0 Å². The van der Waals surface area contributed by atoms with E-state index in [2.05, 4.69) is 20.3 Å². The molecule has 35 heavy (non-hydrogen) atoms. The number of amides is 1. The number of carbonyl (C=O) groups excluding carboxylic acids is 1. The van der Waals surface area contributed by atoms with Crippen LogP contribution in [0.15, 0.2) is 47.3 Å². The van der Waals surface area contributed by atoms with E-state index in [1.165, 1.54) is 10.7 Å². The molecule has 1 saturated heterocycles. The monoisotopic (exact) mass is 476 g/mol. The van der Waals surface area contributed by atoms with E-state index < -0.39 is 0 Å². The second-order valence-electron chi connectivity index (χ2n) is 8.60. The van der Waals surface area contributed by atoms with Gasteiger partial charge in [0.2, 0.25) is 6.79 Å². The molecule has 0 atom stereocenters. The minimum atomic E-state index is -0.386. The van der Waals surface area contributed by atoms with Crippen molar-refractivity contribution in [1.82, 2.24) is 29.9 Å². The van der Waals surface area contributed by atoms with Gasteiger partial charge in [-0.1, -0.05) is 23.4 Å². The number of fused-ring (bicyclic) bond motifs is 2. The maximum absolute atomic E-state index is 14.1. The molecule has 4 heterocycles. The molecule has 1 fully saturated rings. The van der Waals surface area contributed by atoms with Crippen LogP contribution in [-0.2, 0) is 6.54 Å². The number of halogens is 1. The Bertz CT molecular complexity index is 1490. The Morgan fingerprint density at radius 2 is 1.91 bits per heavy atom. The fraction of sp³-hybridized carbons (Fsp3) is 0.292. The summed E-state index contributed by atoms with van der Waals surface area (Å²) in [6.45, 7) is 1.31. The van der Waals surface area contributed by atoms with Gasteiger partial charge in [0.1, 0.15) is 11.6 Å². The first-order valence-electron chi connectivity index (χ1n) is 11.3. The van der Waals surface area contributed by atoms with Crippen molar-refractivity contribution in [3.63, 3.8) is 0 Å². The Morgan fingerprint density at radius 3 is 2.74 bits per heavy atom. The second kappa shape index (κ2) is 8.49. The number of piperidine rings is 1. The van der Waals surface area contributed by atoms with Gasteiger partial charge in [0.25, 0.3) is 11.5 Å². The van der Waals surface area contributed by atoms with Gasteiger partial charge in [-0.15, -0.1) is 5.10 Å². The zero-order valence-electron chi connectivity index (χ0n) is 18.6. The lowest BCUT2D eigenvalue weighted by atomic mass is 9.95. The second-order valence-corrected chi connectivity index (χ2v) is 8.60. The van der Waals surface area contributed by atoms with Crippen molar-refractivity contribution in [3.8, 4) is 11.5 Å². The molecule has 0 radical (unpaired) electrons. The van der Waals surface area contributed by atoms with Crippen LogP contribution in [-0.4, -0.2) is 55.7 Å². The third-order valence-corrected chi connectivity index (χ3v) is 6.46. The van der Waals surface area contributed by atoms with Crippen molar-refractivity contribution in [2.75, 3.05) is 19.9 Å². The molecule has 2 aliphatic rings. The predicted molar refractivity (Wildman–Crippen MR) is 122 cm³/mol. The number of nitrogens with one attached hydrogen (secondary N) is 1. The van der Waals surface area contributed by atoms with Crippen molar-refractivity contribution in [3.05, 3.63) is 75.6 Å². The number of H-pyrrole nitrogens is 1. The summed E-state index contributed by atoms with van der Waals surface area (Å²) in [5.74, 6) is 1.25. The number of hydrogen-bond donors (Lipinski definition) is 1.